The summed E-state index contributed by atoms with van der Waals surface area (Å²) >= 11 is 5.97. The lowest BCUT2D eigenvalue weighted by atomic mass is 10.1. The molecule has 3 nitrogen and oxygen atoms in total. The van der Waals surface area contributed by atoms with Crippen molar-refractivity contribution in [2.45, 2.75) is 19.4 Å². The van der Waals surface area contributed by atoms with Crippen LogP contribution in [-0.2, 0) is 0 Å². The van der Waals surface area contributed by atoms with E-state index in [1.807, 2.05) is 13.0 Å². The van der Waals surface area contributed by atoms with Gasteiger partial charge in [0.1, 0.15) is 0 Å². The Labute approximate surface area is 99.7 Å². The van der Waals surface area contributed by atoms with E-state index in [4.69, 9.17) is 16.7 Å². The van der Waals surface area contributed by atoms with Gasteiger partial charge in [-0.2, -0.15) is 0 Å². The van der Waals surface area contributed by atoms with Crippen molar-refractivity contribution in [2.24, 2.45) is 0 Å². The molecule has 1 aromatic carbocycles. The first kappa shape index (κ1) is 12.6. The molecule has 86 valence electrons. The van der Waals surface area contributed by atoms with Crippen molar-refractivity contribution >= 4 is 23.3 Å². The second-order valence-corrected chi connectivity index (χ2v) is 3.98. The molecule has 1 atom stereocenters. The molecule has 1 unspecified atom stereocenters. The molecule has 0 aromatic heterocycles. The highest BCUT2D eigenvalue weighted by molar-refractivity contribution is 6.33. The molecule has 1 rings (SSSR count). The zero-order valence-corrected chi connectivity index (χ0v) is 9.79. The minimum absolute atomic E-state index is 0.187. The van der Waals surface area contributed by atoms with Gasteiger partial charge >= 0.3 is 5.97 Å². The van der Waals surface area contributed by atoms with Crippen LogP contribution in [0.25, 0.3) is 0 Å². The molecule has 0 aliphatic rings. The third kappa shape index (κ3) is 3.28. The summed E-state index contributed by atoms with van der Waals surface area (Å²) in [5, 5.41) is 12.4. The van der Waals surface area contributed by atoms with Crippen molar-refractivity contribution in [3.05, 3.63) is 41.4 Å². The molecule has 16 heavy (non-hydrogen) atoms. The molecule has 0 heterocycles. The second-order valence-electron chi connectivity index (χ2n) is 3.57. The van der Waals surface area contributed by atoms with Crippen LogP contribution in [0.3, 0.4) is 0 Å². The summed E-state index contributed by atoms with van der Waals surface area (Å²) in [6, 6.07) is 4.85. The molecule has 0 saturated carbocycles. The van der Waals surface area contributed by atoms with E-state index in [-0.39, 0.29) is 11.6 Å². The summed E-state index contributed by atoms with van der Waals surface area (Å²) in [6.45, 7) is 5.65. The van der Waals surface area contributed by atoms with E-state index in [0.29, 0.717) is 5.02 Å². The molecule has 0 radical (unpaired) electrons. The number of carbonyl (C=O) groups is 1. The molecule has 0 aliphatic carbocycles. The van der Waals surface area contributed by atoms with Gasteiger partial charge in [-0.1, -0.05) is 17.7 Å². The summed E-state index contributed by atoms with van der Waals surface area (Å²) in [5.74, 6) is -0.979. The van der Waals surface area contributed by atoms with E-state index in [9.17, 15) is 4.79 Å². The van der Waals surface area contributed by atoms with Crippen LogP contribution in [0.1, 0.15) is 23.7 Å². The van der Waals surface area contributed by atoms with Crippen LogP contribution >= 0.6 is 11.6 Å². The molecule has 0 spiro atoms. The van der Waals surface area contributed by atoms with Crippen molar-refractivity contribution in [3.63, 3.8) is 0 Å². The summed E-state index contributed by atoms with van der Waals surface area (Å²) in [5.41, 5.74) is 0.924. The maximum atomic E-state index is 10.7. The normalized spacial score (nSPS) is 11.9. The van der Waals surface area contributed by atoms with Gasteiger partial charge in [0.2, 0.25) is 0 Å². The number of carboxylic acids is 1. The first-order valence-electron chi connectivity index (χ1n) is 4.95. The van der Waals surface area contributed by atoms with Gasteiger partial charge in [0.25, 0.3) is 0 Å². The first-order chi connectivity index (χ1) is 7.54. The predicted octanol–water partition coefficient (Wildman–Crippen LogP) is 3.41. The van der Waals surface area contributed by atoms with Gasteiger partial charge in [-0.05, 0) is 31.5 Å². The molecule has 0 aliphatic heterocycles. The van der Waals surface area contributed by atoms with Gasteiger partial charge in [0.05, 0.1) is 16.3 Å². The fourth-order valence-electron chi connectivity index (χ4n) is 1.34. The fraction of sp³-hybridized carbons (Fsp3) is 0.250. The topological polar surface area (TPSA) is 49.3 Å². The Morgan fingerprint density at radius 3 is 2.88 bits per heavy atom. The molecule has 0 amide bonds. The second kappa shape index (κ2) is 5.56. The highest BCUT2D eigenvalue weighted by Crippen LogP contribution is 2.24. The Morgan fingerprint density at radius 1 is 1.69 bits per heavy atom. The molecular formula is C12H14ClNO2. The van der Waals surface area contributed by atoms with Crippen LogP contribution in [0.15, 0.2) is 30.9 Å². The minimum atomic E-state index is -0.979. The van der Waals surface area contributed by atoms with E-state index < -0.39 is 5.97 Å². The number of hydrogen-bond acceptors (Lipinski definition) is 2. The van der Waals surface area contributed by atoms with Gasteiger partial charge in [-0.3, -0.25) is 0 Å². The summed E-state index contributed by atoms with van der Waals surface area (Å²) < 4.78 is 0. The third-order valence-electron chi connectivity index (χ3n) is 2.14. The lowest BCUT2D eigenvalue weighted by Crippen LogP contribution is -2.14. The van der Waals surface area contributed by atoms with Gasteiger partial charge in [-0.15, -0.1) is 6.58 Å². The van der Waals surface area contributed by atoms with Crippen molar-refractivity contribution in [3.8, 4) is 0 Å². The van der Waals surface area contributed by atoms with Crippen molar-refractivity contribution in [2.75, 3.05) is 5.32 Å². The van der Waals surface area contributed by atoms with Crippen molar-refractivity contribution in [1.82, 2.24) is 0 Å². The number of rotatable bonds is 5. The van der Waals surface area contributed by atoms with Crippen LogP contribution in [0.5, 0.6) is 0 Å². The Hall–Kier alpha value is -1.48. The predicted molar refractivity (Wildman–Crippen MR) is 66.3 cm³/mol. The van der Waals surface area contributed by atoms with E-state index in [2.05, 4.69) is 11.9 Å². The Balaban J connectivity index is 2.82. The monoisotopic (exact) mass is 239 g/mol. The maximum Gasteiger partial charge on any atom is 0.335 e. The van der Waals surface area contributed by atoms with Crippen molar-refractivity contribution < 1.29 is 9.90 Å². The quantitative estimate of drug-likeness (QED) is 0.774. The van der Waals surface area contributed by atoms with Gasteiger partial charge in [0.15, 0.2) is 0 Å². The third-order valence-corrected chi connectivity index (χ3v) is 2.45. The zero-order valence-electron chi connectivity index (χ0n) is 9.03. The SMILES string of the molecule is C=CCC(C)Nc1ccc(C(=O)O)cc1Cl. The molecular weight excluding hydrogens is 226 g/mol. The Morgan fingerprint density at radius 2 is 2.38 bits per heavy atom. The van der Waals surface area contributed by atoms with E-state index >= 15 is 0 Å². The van der Waals surface area contributed by atoms with Gasteiger partial charge in [-0.25, -0.2) is 4.79 Å². The summed E-state index contributed by atoms with van der Waals surface area (Å²) in [7, 11) is 0. The molecule has 2 N–H and O–H groups in total. The van der Waals surface area contributed by atoms with E-state index in [0.717, 1.165) is 12.1 Å². The molecule has 4 heteroatoms. The van der Waals surface area contributed by atoms with Gasteiger partial charge < -0.3 is 10.4 Å². The highest BCUT2D eigenvalue weighted by Gasteiger charge is 2.08. The number of benzene rings is 1. The minimum Gasteiger partial charge on any atom is -0.478 e. The van der Waals surface area contributed by atoms with Crippen LogP contribution in [0.2, 0.25) is 5.02 Å². The summed E-state index contributed by atoms with van der Waals surface area (Å²) in [6.07, 6.45) is 2.63. The highest BCUT2D eigenvalue weighted by atomic mass is 35.5. The van der Waals surface area contributed by atoms with Gasteiger partial charge in [0, 0.05) is 6.04 Å². The van der Waals surface area contributed by atoms with Crippen LogP contribution in [0.4, 0.5) is 5.69 Å². The molecule has 0 saturated heterocycles. The molecule has 0 fully saturated rings. The molecule has 0 bridgehead atoms. The number of aromatic carboxylic acids is 1. The van der Waals surface area contributed by atoms with E-state index in [1.165, 1.54) is 12.1 Å². The number of anilines is 1. The average Bonchev–Trinajstić information content (AvgIpc) is 2.21. The number of halogens is 1. The fourth-order valence-corrected chi connectivity index (χ4v) is 1.57. The number of hydrogen-bond donors (Lipinski definition) is 2. The lowest BCUT2D eigenvalue weighted by molar-refractivity contribution is 0.0697. The van der Waals surface area contributed by atoms with E-state index in [1.54, 1.807) is 6.07 Å². The average molecular weight is 240 g/mol. The number of carboxylic acid groups (broad SMARTS) is 1. The molecule has 1 aromatic rings. The van der Waals surface area contributed by atoms with Crippen LogP contribution in [-0.4, -0.2) is 17.1 Å². The Bertz CT molecular complexity index is 404. The standard InChI is InChI=1S/C12H14ClNO2/c1-3-4-8(2)14-11-6-5-9(12(15)16)7-10(11)13/h3,5-8,14H,1,4H2,2H3,(H,15,16). The van der Waals surface area contributed by atoms with Crippen molar-refractivity contribution in [1.29, 1.82) is 0 Å². The summed E-state index contributed by atoms with van der Waals surface area (Å²) in [4.78, 5) is 10.7. The Kier molecular flexibility index (Phi) is 4.38. The maximum absolute atomic E-state index is 10.7. The first-order valence-corrected chi connectivity index (χ1v) is 5.32. The largest absolute Gasteiger partial charge is 0.478 e. The van der Waals surface area contributed by atoms with Crippen LogP contribution < -0.4 is 5.32 Å². The lowest BCUT2D eigenvalue weighted by Gasteiger charge is -2.14. The smallest absolute Gasteiger partial charge is 0.335 e. The number of nitrogens with one attached hydrogen (secondary N) is 1. The zero-order chi connectivity index (χ0) is 12.1. The van der Waals surface area contributed by atoms with Crippen LogP contribution in [0, 0.1) is 0 Å².